The zero-order chi connectivity index (χ0) is 6.10. The molecule has 2 heterocycles. The zero-order valence-electron chi connectivity index (χ0n) is 5.77. The van der Waals surface area contributed by atoms with Crippen molar-refractivity contribution in [2.45, 2.75) is 14.8 Å². The second kappa shape index (κ2) is 2.83. The summed E-state index contributed by atoms with van der Waals surface area (Å²) < 4.78 is 3.40. The van der Waals surface area contributed by atoms with Gasteiger partial charge in [0.15, 0.2) is 0 Å². The molecule has 0 bridgehead atoms. The van der Waals surface area contributed by atoms with E-state index in [1.54, 1.807) is 8.35 Å². The summed E-state index contributed by atoms with van der Waals surface area (Å²) in [6.45, 7) is 2.67. The van der Waals surface area contributed by atoms with E-state index in [4.69, 9.17) is 0 Å². The van der Waals surface area contributed by atoms with E-state index in [0.717, 1.165) is 5.92 Å². The summed E-state index contributed by atoms with van der Waals surface area (Å²) in [5.41, 5.74) is 0. The molecule has 2 aliphatic rings. The molecule has 2 aliphatic heterocycles. The zero-order valence-corrected chi connectivity index (χ0v) is 9.06. The molecule has 2 saturated heterocycles. The third-order valence-corrected chi connectivity index (χ3v) is 8.06. The predicted molar refractivity (Wildman–Crippen MR) is 39.8 cm³/mol. The maximum absolute atomic E-state index is 3.49. The van der Waals surface area contributed by atoms with Crippen LogP contribution < -0.4 is 5.32 Å². The van der Waals surface area contributed by atoms with Gasteiger partial charge in [-0.15, -0.1) is 0 Å². The molecule has 0 spiro atoms. The van der Waals surface area contributed by atoms with Crippen molar-refractivity contribution in [3.8, 4) is 0 Å². The Balaban J connectivity index is 1.97. The van der Waals surface area contributed by atoms with E-state index in [2.05, 4.69) is 5.32 Å². The van der Waals surface area contributed by atoms with Crippen LogP contribution in [0.15, 0.2) is 0 Å². The topological polar surface area (TPSA) is 12.0 Å². The summed E-state index contributed by atoms with van der Waals surface area (Å²) in [7, 11) is 0. The quantitative estimate of drug-likeness (QED) is 0.643. The van der Waals surface area contributed by atoms with E-state index in [1.165, 1.54) is 25.4 Å². The first-order valence-corrected chi connectivity index (χ1v) is 8.65. The third-order valence-electron chi connectivity index (χ3n) is 2.70. The molecular formula is C7H13InN. The molecule has 0 amide bonds. The normalized spacial score (nSPS) is 41.8. The molecule has 2 rings (SSSR count). The fourth-order valence-corrected chi connectivity index (χ4v) is 8.43. The Hall–Kier alpha value is 0.830. The molecule has 2 heteroatoms. The minimum atomic E-state index is 0.0323. The number of piperidine rings is 1. The number of nitrogens with one attached hydrogen (secondary N) is 1. The molecule has 0 aliphatic carbocycles. The molecule has 0 saturated carbocycles. The molecule has 49 valence electrons. The van der Waals surface area contributed by atoms with Crippen molar-refractivity contribution in [1.82, 2.24) is 5.32 Å². The van der Waals surface area contributed by atoms with E-state index in [-0.39, 0.29) is 22.9 Å². The fourth-order valence-electron chi connectivity index (χ4n) is 2.09. The molecule has 2 unspecified atom stereocenters. The van der Waals surface area contributed by atoms with Crippen molar-refractivity contribution in [2.24, 2.45) is 11.8 Å². The Morgan fingerprint density at radius 1 is 1.22 bits per heavy atom. The van der Waals surface area contributed by atoms with Gasteiger partial charge in [0, 0.05) is 0 Å². The van der Waals surface area contributed by atoms with Crippen LogP contribution in [0.2, 0.25) is 8.35 Å². The van der Waals surface area contributed by atoms with Crippen LogP contribution in [0.25, 0.3) is 0 Å². The van der Waals surface area contributed by atoms with E-state index in [0.29, 0.717) is 0 Å². The van der Waals surface area contributed by atoms with Crippen molar-refractivity contribution in [3.63, 3.8) is 0 Å². The van der Waals surface area contributed by atoms with Gasteiger partial charge < -0.3 is 0 Å². The van der Waals surface area contributed by atoms with Crippen molar-refractivity contribution in [1.29, 1.82) is 0 Å². The van der Waals surface area contributed by atoms with Crippen LogP contribution in [-0.4, -0.2) is 36.0 Å². The van der Waals surface area contributed by atoms with Crippen LogP contribution in [0.1, 0.15) is 6.42 Å². The van der Waals surface area contributed by atoms with E-state index >= 15 is 0 Å². The van der Waals surface area contributed by atoms with Crippen LogP contribution >= 0.6 is 0 Å². The Morgan fingerprint density at radius 3 is 3.00 bits per heavy atom. The molecule has 9 heavy (non-hydrogen) atoms. The van der Waals surface area contributed by atoms with Gasteiger partial charge in [-0.2, -0.15) is 0 Å². The summed E-state index contributed by atoms with van der Waals surface area (Å²) in [5.74, 6) is 2.33. The van der Waals surface area contributed by atoms with Crippen LogP contribution in [0.3, 0.4) is 0 Å². The van der Waals surface area contributed by atoms with Gasteiger partial charge in [-0.1, -0.05) is 0 Å². The summed E-state index contributed by atoms with van der Waals surface area (Å²) in [6, 6.07) is 0. The Kier molecular flexibility index (Phi) is 2.06. The maximum atomic E-state index is 3.49. The Bertz CT molecular complexity index is 93.1. The van der Waals surface area contributed by atoms with Gasteiger partial charge in [0.1, 0.15) is 0 Å². The molecule has 0 aromatic heterocycles. The predicted octanol–water partition coefficient (Wildman–Crippen LogP) is 0.766. The summed E-state index contributed by atoms with van der Waals surface area (Å²) >= 11 is 0.0323. The SMILES string of the molecule is C1CC2[CH2][In][CH2]C2CN1. The monoisotopic (exact) mass is 226 g/mol. The molecule has 2 fully saturated rings. The second-order valence-electron chi connectivity index (χ2n) is 3.27. The molecule has 0 aromatic rings. The molecule has 1 nitrogen and oxygen atoms in total. The van der Waals surface area contributed by atoms with Gasteiger partial charge in [-0.25, -0.2) is 0 Å². The Morgan fingerprint density at radius 2 is 2.11 bits per heavy atom. The minimum absolute atomic E-state index is 0.0323. The summed E-state index contributed by atoms with van der Waals surface area (Å²) in [4.78, 5) is 0. The van der Waals surface area contributed by atoms with Gasteiger partial charge in [0.2, 0.25) is 0 Å². The standard InChI is InChI=1S/C7H13N.In/c1-6-3-4-8-5-7(6)2;/h6-8H,1-5H2;. The first-order chi connectivity index (χ1) is 4.47. The average molecular weight is 226 g/mol. The molecule has 0 aromatic carbocycles. The first kappa shape index (κ1) is 6.53. The third kappa shape index (κ3) is 1.30. The number of fused-ring (bicyclic) bond motifs is 1. The van der Waals surface area contributed by atoms with Crippen molar-refractivity contribution < 1.29 is 0 Å². The molecule has 2 atom stereocenters. The van der Waals surface area contributed by atoms with E-state index < -0.39 is 0 Å². The number of hydrogen-bond donors (Lipinski definition) is 1. The van der Waals surface area contributed by atoms with Gasteiger partial charge in [0.05, 0.1) is 0 Å². The number of hydrogen-bond acceptors (Lipinski definition) is 1. The molecule has 1 N–H and O–H groups in total. The van der Waals surface area contributed by atoms with Crippen LogP contribution in [0.4, 0.5) is 0 Å². The first-order valence-electron chi connectivity index (χ1n) is 3.99. The van der Waals surface area contributed by atoms with Crippen molar-refractivity contribution in [3.05, 3.63) is 0 Å². The van der Waals surface area contributed by atoms with Crippen molar-refractivity contribution in [2.75, 3.05) is 13.1 Å². The van der Waals surface area contributed by atoms with Gasteiger partial charge >= 0.3 is 67.9 Å². The fraction of sp³-hybridized carbons (Fsp3) is 1.00. The number of rotatable bonds is 0. The van der Waals surface area contributed by atoms with E-state index in [1.807, 2.05) is 0 Å². The van der Waals surface area contributed by atoms with Crippen molar-refractivity contribution >= 4 is 22.9 Å². The van der Waals surface area contributed by atoms with E-state index in [9.17, 15) is 0 Å². The summed E-state index contributed by atoms with van der Waals surface area (Å²) in [6.07, 6.45) is 1.50. The Labute approximate surface area is 68.0 Å². The molecule has 1 radical (unpaired) electrons. The summed E-state index contributed by atoms with van der Waals surface area (Å²) in [5, 5.41) is 3.49. The molecular weight excluding hydrogens is 213 g/mol. The van der Waals surface area contributed by atoms with Crippen LogP contribution in [0.5, 0.6) is 0 Å². The average Bonchev–Trinajstić information content (AvgIpc) is 2.33. The van der Waals surface area contributed by atoms with Gasteiger partial charge in [-0.3, -0.25) is 0 Å². The van der Waals surface area contributed by atoms with Crippen LogP contribution in [0, 0.1) is 11.8 Å². The second-order valence-corrected chi connectivity index (χ2v) is 7.61. The van der Waals surface area contributed by atoms with Gasteiger partial charge in [-0.05, 0) is 0 Å². The van der Waals surface area contributed by atoms with Crippen LogP contribution in [-0.2, 0) is 0 Å². The van der Waals surface area contributed by atoms with Gasteiger partial charge in [0.25, 0.3) is 0 Å².